The van der Waals surface area contributed by atoms with Crippen molar-refractivity contribution in [1.29, 1.82) is 0 Å². The summed E-state index contributed by atoms with van der Waals surface area (Å²) >= 11 is -1.89. The molecular weight excluding hydrogens is 620 g/mol. The third-order valence-electron chi connectivity index (χ3n) is 7.84. The van der Waals surface area contributed by atoms with Crippen LogP contribution in [-0.2, 0) is 29.7 Å². The summed E-state index contributed by atoms with van der Waals surface area (Å²) in [6, 6.07) is 15.5. The topological polar surface area (TPSA) is 64.5 Å². The molecule has 3 rings (SSSR count). The minimum absolute atomic E-state index is 0.0648. The van der Waals surface area contributed by atoms with E-state index in [9.17, 15) is 26.9 Å². The van der Waals surface area contributed by atoms with Crippen LogP contribution in [-0.4, -0.2) is 34.9 Å². The first kappa shape index (κ1) is 36.0. The average Bonchev–Trinajstić information content (AvgIpc) is 2.88. The monoisotopic (exact) mass is 659 g/mol. The van der Waals surface area contributed by atoms with Crippen LogP contribution in [0.2, 0.25) is 18.1 Å². The van der Waals surface area contributed by atoms with Crippen LogP contribution in [0.25, 0.3) is 0 Å². The molecule has 4 nitrogen and oxygen atoms in total. The normalized spacial score (nSPS) is 15.3. The zero-order valence-electron chi connectivity index (χ0n) is 25.8. The molecule has 0 aliphatic heterocycles. The molecule has 0 amide bonds. The molecule has 0 radical (unpaired) electrons. The number of ether oxygens (including phenoxy) is 1. The maximum Gasteiger partial charge on any atom is 0.461 e. The number of hydrogen-bond acceptors (Lipinski definition) is 4. The molecule has 0 aliphatic carbocycles. The van der Waals surface area contributed by atoms with Crippen LogP contribution in [0.15, 0.2) is 66.7 Å². The van der Waals surface area contributed by atoms with Crippen LogP contribution in [0.1, 0.15) is 56.9 Å². The number of rotatable bonds is 12. The molecule has 3 aromatic carbocycles. The van der Waals surface area contributed by atoms with Crippen LogP contribution in [0.4, 0.5) is 26.3 Å². The molecule has 0 bridgehead atoms. The Hall–Kier alpha value is -2.51. The van der Waals surface area contributed by atoms with Crippen molar-refractivity contribution in [2.75, 3.05) is 0 Å². The third kappa shape index (κ3) is 8.39. The van der Waals surface area contributed by atoms with Crippen molar-refractivity contribution in [3.63, 3.8) is 0 Å². The molecule has 0 saturated heterocycles. The second-order valence-corrected chi connectivity index (χ2v) is 19.6. The zero-order valence-corrected chi connectivity index (χ0v) is 27.6. The summed E-state index contributed by atoms with van der Waals surface area (Å²) in [6.07, 6.45) is -8.96. The van der Waals surface area contributed by atoms with Gasteiger partial charge in [0.2, 0.25) is 0 Å². The van der Waals surface area contributed by atoms with E-state index >= 15 is 8.78 Å². The number of hydrogen-bond donors (Lipinski definition) is 2. The predicted octanol–water partition coefficient (Wildman–Crippen LogP) is 8.26. The maximum atomic E-state index is 15.9. The molecule has 0 fully saturated rings. The lowest BCUT2D eigenvalue weighted by molar-refractivity contribution is -0.253. The summed E-state index contributed by atoms with van der Waals surface area (Å²) in [5, 5.41) is -0.604. The Kier molecular flexibility index (Phi) is 10.7. The Balaban J connectivity index is 2.32. The van der Waals surface area contributed by atoms with E-state index in [2.05, 4.69) is 9.46 Å². The summed E-state index contributed by atoms with van der Waals surface area (Å²) in [4.78, 5) is 10.8. The van der Waals surface area contributed by atoms with E-state index in [0.717, 1.165) is 12.1 Å². The second kappa shape index (κ2) is 13.1. The first-order valence-electron chi connectivity index (χ1n) is 14.0. The molecule has 12 heteroatoms. The van der Waals surface area contributed by atoms with Gasteiger partial charge in [0.1, 0.15) is 27.7 Å². The highest BCUT2D eigenvalue weighted by Gasteiger charge is 2.46. The first-order valence-corrected chi connectivity index (χ1v) is 18.1. The summed E-state index contributed by atoms with van der Waals surface area (Å²) in [7, 11) is -2.72. The van der Waals surface area contributed by atoms with Gasteiger partial charge in [0, 0.05) is 23.8 Å². The Morgan fingerprint density at radius 3 is 2.02 bits per heavy atom. The van der Waals surface area contributed by atoms with Gasteiger partial charge < -0.3 is 14.1 Å². The van der Waals surface area contributed by atoms with E-state index in [4.69, 9.17) is 0 Å². The van der Waals surface area contributed by atoms with Gasteiger partial charge in [0.25, 0.3) is 0 Å². The molecule has 0 saturated carbocycles. The third-order valence-corrected chi connectivity index (χ3v) is 13.0. The lowest BCUT2D eigenvalue weighted by Crippen LogP contribution is -2.53. The smallest absolute Gasteiger partial charge is 0.461 e. The molecule has 1 unspecified atom stereocenters. The van der Waals surface area contributed by atoms with Gasteiger partial charge in [-0.05, 0) is 85.8 Å². The molecule has 3 aromatic rings. The minimum atomic E-state index is -4.92. The summed E-state index contributed by atoms with van der Waals surface area (Å²) in [6.45, 7) is 12.3. The van der Waals surface area contributed by atoms with Gasteiger partial charge in [-0.15, -0.1) is 4.72 Å². The van der Waals surface area contributed by atoms with Crippen LogP contribution in [0, 0.1) is 11.6 Å². The zero-order chi connectivity index (χ0) is 33.3. The predicted molar refractivity (Wildman–Crippen MR) is 164 cm³/mol. The Bertz CT molecular complexity index is 1430. The fourth-order valence-electron chi connectivity index (χ4n) is 4.46. The molecule has 44 heavy (non-hydrogen) atoms. The van der Waals surface area contributed by atoms with Crippen LogP contribution in [0.3, 0.4) is 0 Å². The van der Waals surface area contributed by atoms with Gasteiger partial charge >= 0.3 is 12.5 Å². The standard InChI is InChI=1S/C32H39F6NO3SSi/c1-29(2,3)43(40)39-31(19-21-11-9-8-10-12-21,24-15-25(33)18-26(16-24)42-32(37,38)28(35)36)23-14-13-22(27(34)17-23)20-30(4,5)44(6,7)41/h8-18,28,39,41H,19-20H2,1-7H3/t31?,43-/m1/s1. The number of nitrogens with one attached hydrogen (secondary N) is 1. The number of halogens is 6. The van der Waals surface area contributed by atoms with E-state index in [-0.39, 0.29) is 24.0 Å². The summed E-state index contributed by atoms with van der Waals surface area (Å²) < 4.78 is 105. The van der Waals surface area contributed by atoms with E-state index in [1.54, 1.807) is 70.3 Å². The largest absolute Gasteiger partial charge is 0.598 e. The van der Waals surface area contributed by atoms with Crippen molar-refractivity contribution in [3.8, 4) is 5.75 Å². The Morgan fingerprint density at radius 1 is 0.886 bits per heavy atom. The van der Waals surface area contributed by atoms with E-state index < -0.39 is 64.9 Å². The molecule has 242 valence electrons. The van der Waals surface area contributed by atoms with Gasteiger partial charge in [-0.2, -0.15) is 17.6 Å². The fraction of sp³-hybridized carbons (Fsp3) is 0.438. The fourth-order valence-corrected chi connectivity index (χ4v) is 6.01. The molecule has 0 aromatic heterocycles. The minimum Gasteiger partial charge on any atom is -0.598 e. The van der Waals surface area contributed by atoms with Crippen molar-refractivity contribution in [2.45, 2.75) is 88.4 Å². The van der Waals surface area contributed by atoms with Crippen molar-refractivity contribution < 1.29 is 40.4 Å². The van der Waals surface area contributed by atoms with Gasteiger partial charge in [0.15, 0.2) is 8.32 Å². The van der Waals surface area contributed by atoms with Crippen LogP contribution < -0.4 is 9.46 Å². The highest BCUT2D eigenvalue weighted by atomic mass is 32.2. The van der Waals surface area contributed by atoms with Gasteiger partial charge in [-0.3, -0.25) is 0 Å². The molecule has 2 N–H and O–H groups in total. The molecule has 2 atom stereocenters. The average molecular weight is 660 g/mol. The first-order chi connectivity index (χ1) is 20.1. The Morgan fingerprint density at radius 2 is 1.50 bits per heavy atom. The number of alkyl halides is 4. The van der Waals surface area contributed by atoms with Gasteiger partial charge in [-0.1, -0.05) is 56.3 Å². The molecule has 0 heterocycles. The van der Waals surface area contributed by atoms with Crippen molar-refractivity contribution in [1.82, 2.24) is 4.72 Å². The highest BCUT2D eigenvalue weighted by molar-refractivity contribution is 7.90. The van der Waals surface area contributed by atoms with Gasteiger partial charge in [0.05, 0.1) is 0 Å². The highest BCUT2D eigenvalue weighted by Crippen LogP contribution is 2.42. The Labute approximate surface area is 259 Å². The summed E-state index contributed by atoms with van der Waals surface area (Å²) in [5.74, 6) is -2.62. The lowest BCUT2D eigenvalue weighted by Gasteiger charge is -2.39. The van der Waals surface area contributed by atoms with Gasteiger partial charge in [-0.25, -0.2) is 8.78 Å². The quantitative estimate of drug-likeness (QED) is 0.117. The van der Waals surface area contributed by atoms with Crippen LogP contribution in [0.5, 0.6) is 5.75 Å². The lowest BCUT2D eigenvalue weighted by atomic mass is 9.78. The second-order valence-electron chi connectivity index (χ2n) is 13.1. The molecule has 0 aliphatic rings. The number of benzene rings is 3. The summed E-state index contributed by atoms with van der Waals surface area (Å²) in [5.41, 5.74) is -0.710. The molecular formula is C32H39F6NO3SSi. The van der Waals surface area contributed by atoms with Crippen molar-refractivity contribution in [3.05, 3.63) is 101 Å². The van der Waals surface area contributed by atoms with E-state index in [0.29, 0.717) is 17.2 Å². The molecule has 0 spiro atoms. The van der Waals surface area contributed by atoms with E-state index in [1.165, 1.54) is 12.1 Å². The maximum absolute atomic E-state index is 15.9. The van der Waals surface area contributed by atoms with E-state index in [1.807, 2.05) is 13.8 Å². The SMILES string of the molecule is CC(C)(C)[S@@+]([O-])NC(Cc1ccccc1)(c1cc(F)cc(OC(F)(F)C(F)F)c1)c1ccc(CC(C)(C)[Si](C)(C)O)c(F)c1. The van der Waals surface area contributed by atoms with Crippen LogP contribution >= 0.6 is 0 Å². The van der Waals surface area contributed by atoms with Crippen molar-refractivity contribution >= 4 is 19.7 Å². The van der Waals surface area contributed by atoms with Crippen molar-refractivity contribution in [2.24, 2.45) is 0 Å².